The SMILES string of the molecule is C=CCC(=S)C(=S)/C=C/CC1(CC=C)OS1. The highest BCUT2D eigenvalue weighted by Crippen LogP contribution is 2.52. The van der Waals surface area contributed by atoms with Crippen LogP contribution in [0.25, 0.3) is 0 Å². The first-order chi connectivity index (χ1) is 7.63. The molecule has 0 amide bonds. The van der Waals surface area contributed by atoms with Gasteiger partial charge in [-0.1, -0.05) is 42.7 Å². The van der Waals surface area contributed by atoms with E-state index in [1.165, 1.54) is 12.0 Å². The second-order valence-electron chi connectivity index (χ2n) is 3.46. The van der Waals surface area contributed by atoms with E-state index in [0.29, 0.717) is 11.3 Å². The molecule has 0 N–H and O–H groups in total. The molecule has 1 fully saturated rings. The maximum atomic E-state index is 5.33. The van der Waals surface area contributed by atoms with Crippen molar-refractivity contribution in [1.82, 2.24) is 0 Å². The molecule has 1 heterocycles. The average Bonchev–Trinajstić information content (AvgIpc) is 2.99. The summed E-state index contributed by atoms with van der Waals surface area (Å²) in [6.45, 7) is 7.34. The van der Waals surface area contributed by atoms with E-state index in [1.807, 2.05) is 18.2 Å². The molecule has 1 atom stereocenters. The summed E-state index contributed by atoms with van der Waals surface area (Å²) in [7, 11) is 0. The second-order valence-corrected chi connectivity index (χ2v) is 5.47. The molecule has 16 heavy (non-hydrogen) atoms. The molecule has 0 aliphatic carbocycles. The topological polar surface area (TPSA) is 12.5 Å². The summed E-state index contributed by atoms with van der Waals surface area (Å²) in [4.78, 5) is 1.39. The molecule has 0 saturated carbocycles. The quantitative estimate of drug-likeness (QED) is 0.215. The van der Waals surface area contributed by atoms with Crippen molar-refractivity contribution in [2.24, 2.45) is 0 Å². The van der Waals surface area contributed by atoms with E-state index >= 15 is 0 Å². The van der Waals surface area contributed by atoms with Crippen LogP contribution in [-0.4, -0.2) is 14.7 Å². The van der Waals surface area contributed by atoms with Gasteiger partial charge < -0.3 is 0 Å². The minimum atomic E-state index is -0.0894. The zero-order valence-electron chi connectivity index (χ0n) is 8.98. The maximum Gasteiger partial charge on any atom is 0.160 e. The van der Waals surface area contributed by atoms with Crippen molar-refractivity contribution in [2.75, 3.05) is 0 Å². The molecule has 1 saturated heterocycles. The fourth-order valence-corrected chi connectivity index (χ4v) is 2.14. The molecule has 0 radical (unpaired) electrons. The summed E-state index contributed by atoms with van der Waals surface area (Å²) in [5.74, 6) is 0. The molecule has 1 aliphatic heterocycles. The monoisotopic (exact) mass is 270 g/mol. The Bertz CT molecular complexity index is 340. The summed E-state index contributed by atoms with van der Waals surface area (Å²) < 4.78 is 5.33. The van der Waals surface area contributed by atoms with Crippen molar-refractivity contribution in [1.29, 1.82) is 0 Å². The summed E-state index contributed by atoms with van der Waals surface area (Å²) in [6, 6.07) is 0. The van der Waals surface area contributed by atoms with E-state index < -0.39 is 0 Å². The zero-order valence-corrected chi connectivity index (χ0v) is 11.4. The zero-order chi connectivity index (χ0) is 12.0. The van der Waals surface area contributed by atoms with Crippen LogP contribution < -0.4 is 0 Å². The van der Waals surface area contributed by atoms with Gasteiger partial charge in [-0.2, -0.15) is 0 Å². The highest BCUT2D eigenvalue weighted by atomic mass is 32.2. The molecule has 0 bridgehead atoms. The van der Waals surface area contributed by atoms with Gasteiger partial charge in [0, 0.05) is 36.2 Å². The lowest BCUT2D eigenvalue weighted by Gasteiger charge is -2.02. The Morgan fingerprint density at radius 2 is 1.94 bits per heavy atom. The maximum absolute atomic E-state index is 5.33. The highest BCUT2D eigenvalue weighted by molar-refractivity contribution is 8.01. The number of allylic oxidation sites excluding steroid dienone is 2. The van der Waals surface area contributed by atoms with Crippen LogP contribution in [0.4, 0.5) is 0 Å². The van der Waals surface area contributed by atoms with Gasteiger partial charge in [0.05, 0.1) is 4.86 Å². The third-order valence-corrected chi connectivity index (χ3v) is 3.95. The summed E-state index contributed by atoms with van der Waals surface area (Å²) in [5.41, 5.74) is 0. The van der Waals surface area contributed by atoms with Crippen molar-refractivity contribution < 1.29 is 4.18 Å². The first kappa shape index (κ1) is 13.8. The Kier molecular flexibility index (Phi) is 5.55. The molecule has 0 spiro atoms. The van der Waals surface area contributed by atoms with Gasteiger partial charge in [-0.25, -0.2) is 0 Å². The summed E-state index contributed by atoms with van der Waals surface area (Å²) in [6.07, 6.45) is 9.89. The predicted octanol–water partition coefficient (Wildman–Crippen LogP) is 4.20. The third-order valence-electron chi connectivity index (χ3n) is 2.08. The first-order valence-electron chi connectivity index (χ1n) is 4.96. The van der Waals surface area contributed by atoms with Gasteiger partial charge in [0.25, 0.3) is 0 Å². The van der Waals surface area contributed by atoms with Crippen molar-refractivity contribution in [3.8, 4) is 0 Å². The molecule has 1 rings (SSSR count). The summed E-state index contributed by atoms with van der Waals surface area (Å²) in [5, 5.41) is 0. The van der Waals surface area contributed by atoms with Crippen LogP contribution in [0.15, 0.2) is 37.5 Å². The van der Waals surface area contributed by atoms with Gasteiger partial charge in [0.15, 0.2) is 4.93 Å². The van der Waals surface area contributed by atoms with Gasteiger partial charge in [-0.15, -0.1) is 13.2 Å². The van der Waals surface area contributed by atoms with Crippen LogP contribution in [0.1, 0.15) is 19.3 Å². The third kappa shape index (κ3) is 4.29. The van der Waals surface area contributed by atoms with Gasteiger partial charge in [-0.05, 0) is 6.08 Å². The lowest BCUT2D eigenvalue weighted by atomic mass is 10.1. The Morgan fingerprint density at radius 1 is 1.25 bits per heavy atom. The summed E-state index contributed by atoms with van der Waals surface area (Å²) >= 11 is 11.8. The van der Waals surface area contributed by atoms with Crippen LogP contribution in [0.2, 0.25) is 0 Å². The van der Waals surface area contributed by atoms with Gasteiger partial charge in [0.1, 0.15) is 0 Å². The van der Waals surface area contributed by atoms with Crippen molar-refractivity contribution in [3.05, 3.63) is 37.5 Å². The number of rotatable bonds is 8. The van der Waals surface area contributed by atoms with E-state index in [1.54, 1.807) is 6.08 Å². The molecule has 1 aliphatic rings. The first-order valence-corrected chi connectivity index (χ1v) is 6.52. The van der Waals surface area contributed by atoms with Crippen molar-refractivity contribution >= 4 is 46.2 Å². The van der Waals surface area contributed by atoms with E-state index in [2.05, 4.69) is 13.2 Å². The van der Waals surface area contributed by atoms with Crippen LogP contribution in [0.5, 0.6) is 0 Å². The minimum absolute atomic E-state index is 0.0894. The van der Waals surface area contributed by atoms with Gasteiger partial charge in [-0.3, -0.25) is 4.18 Å². The number of hydrogen-bond acceptors (Lipinski definition) is 4. The molecule has 1 unspecified atom stereocenters. The average molecular weight is 270 g/mol. The Morgan fingerprint density at radius 3 is 2.44 bits per heavy atom. The predicted molar refractivity (Wildman–Crippen MR) is 80.0 cm³/mol. The molecule has 4 heteroatoms. The largest absolute Gasteiger partial charge is 0.292 e. The van der Waals surface area contributed by atoms with Gasteiger partial charge in [0.2, 0.25) is 0 Å². The smallest absolute Gasteiger partial charge is 0.160 e. The Labute approximate surface area is 112 Å². The fraction of sp³-hybridized carbons (Fsp3) is 0.333. The van der Waals surface area contributed by atoms with Crippen LogP contribution in [-0.2, 0) is 4.18 Å². The Hall–Kier alpha value is -0.290. The molecule has 86 valence electrons. The van der Waals surface area contributed by atoms with E-state index in [-0.39, 0.29) is 4.93 Å². The van der Waals surface area contributed by atoms with Crippen LogP contribution in [0.3, 0.4) is 0 Å². The normalized spacial score (nSPS) is 23.0. The second kappa shape index (κ2) is 6.45. The van der Waals surface area contributed by atoms with Crippen LogP contribution >= 0.6 is 36.5 Å². The van der Waals surface area contributed by atoms with E-state index in [0.717, 1.165) is 17.7 Å². The van der Waals surface area contributed by atoms with Crippen LogP contribution in [0, 0.1) is 0 Å². The molecular weight excluding hydrogens is 256 g/mol. The van der Waals surface area contributed by atoms with Crippen molar-refractivity contribution in [2.45, 2.75) is 24.2 Å². The molecule has 0 aromatic carbocycles. The van der Waals surface area contributed by atoms with E-state index in [9.17, 15) is 0 Å². The molecule has 0 aromatic heterocycles. The minimum Gasteiger partial charge on any atom is -0.292 e. The molecule has 0 aromatic rings. The molecule has 1 nitrogen and oxygen atoms in total. The van der Waals surface area contributed by atoms with E-state index in [4.69, 9.17) is 28.6 Å². The lowest BCUT2D eigenvalue weighted by Crippen LogP contribution is -2.07. The molecular formula is C12H14OS3. The standard InChI is InChI=1S/C12H14OS3/c1-3-6-10(14)11(15)7-5-9-12(8-4-2)13-16-12/h3-5,7H,1-2,6,8-9H2/b7-5+. The lowest BCUT2D eigenvalue weighted by molar-refractivity contribution is 0.323. The van der Waals surface area contributed by atoms with Crippen molar-refractivity contribution in [3.63, 3.8) is 0 Å². The number of hydrogen-bond donors (Lipinski definition) is 0. The Balaban J connectivity index is 2.37. The fourth-order valence-electron chi connectivity index (χ4n) is 1.17. The van der Waals surface area contributed by atoms with Gasteiger partial charge >= 0.3 is 0 Å². The number of thiocarbonyl (C=S) groups is 2. The highest BCUT2D eigenvalue weighted by Gasteiger charge is 2.44.